The first-order valence-electron chi connectivity index (χ1n) is 34.9. The van der Waals surface area contributed by atoms with Gasteiger partial charge in [-0.05, 0) is 60.4 Å². The van der Waals surface area contributed by atoms with E-state index >= 15 is 0 Å². The number of ether oxygens (including phenoxy) is 11. The largest absolute Gasteiger partial charge is 0.474 e. The van der Waals surface area contributed by atoms with Crippen LogP contribution >= 0.6 is 25.8 Å². The summed E-state index contributed by atoms with van der Waals surface area (Å²) < 4.78 is 101. The summed E-state index contributed by atoms with van der Waals surface area (Å²) in [6.07, 6.45) is -1.72. The summed E-state index contributed by atoms with van der Waals surface area (Å²) in [6.45, 7) is -0.571. The number of imidazole rings is 1. The molecule has 4 aliphatic rings. The number of carbonyl (C=O) groups is 7. The fraction of sp³-hybridized carbons (Fsp3) is 0.552. The van der Waals surface area contributed by atoms with Crippen molar-refractivity contribution in [3.05, 3.63) is 113 Å². The van der Waals surface area contributed by atoms with Crippen molar-refractivity contribution in [1.82, 2.24) is 49.9 Å². The van der Waals surface area contributed by atoms with Gasteiger partial charge in [0.1, 0.15) is 56.0 Å². The highest BCUT2D eigenvalue weighted by Gasteiger charge is 2.51. The number of nitrogens with zero attached hydrogens (tertiary/aromatic N) is 7. The number of aliphatic hydroxyl groups is 1. The van der Waals surface area contributed by atoms with Gasteiger partial charge in [-0.2, -0.15) is 4.98 Å². The van der Waals surface area contributed by atoms with E-state index in [4.69, 9.17) is 82.0 Å². The Balaban J connectivity index is 0.805. The van der Waals surface area contributed by atoms with Gasteiger partial charge in [0.15, 0.2) is 17.4 Å². The van der Waals surface area contributed by atoms with Gasteiger partial charge in [-0.15, -0.1) is 0 Å². The molecule has 6 heterocycles. The Hall–Kier alpha value is -7.67. The van der Waals surface area contributed by atoms with Crippen molar-refractivity contribution in [3.8, 4) is 5.88 Å². The number of carbonyl (C=O) groups excluding carboxylic acids is 7. The maximum Gasteiger partial charge on any atom is 0.410 e. The molecule has 1 saturated carbocycles. The fourth-order valence-electron chi connectivity index (χ4n) is 11.3. The number of hydrogen-bond donors (Lipinski definition) is 8. The Morgan fingerprint density at radius 3 is 2.02 bits per heavy atom. The van der Waals surface area contributed by atoms with E-state index in [1.165, 1.54) is 35.0 Å². The van der Waals surface area contributed by atoms with Crippen LogP contribution in [-0.2, 0) is 119 Å². The molecule has 2 saturated heterocycles. The van der Waals surface area contributed by atoms with Crippen LogP contribution in [0.25, 0.3) is 11.2 Å². The van der Waals surface area contributed by atoms with E-state index in [1.807, 2.05) is 0 Å². The number of thiol groups is 1. The standard InChI is InChI=1S/C67H90N12O26P2S2/c1-42(2)56(73-52(80)36-78-54(81)13-14-55(78)82)63(86)71-43(3)61(84)72-47-11-9-44(10-12-47)37-99-67(88)77(17-18-92-21-22-94-25-26-96-29-30-98-32-31-97-28-27-95-24-23-93-20-19-91-4)35-45-7-5-6-8-49(45)62(85)75-66-74-60-57(64(87)76-66)70-41-79(60)65-59-58(83)51(103-65)39-101-106(89,108)104-50-34-48(102-53-15-16-68-40-69-53)33-46(50)38-100-107(90,109)105-59/h5-16,40-43,46,48,50-51,56,58-59,65,83H,17-39H2,1-4H3,(H,71,86)(H,72,84)(H,73,80)(H,89,108)(H,90,109)(H2,74,75,76,85,87)/t43-,46+,48+,50-,51-,56-,58-,59+,65+,106?,107?/m0/s1. The third-order valence-electron chi connectivity index (χ3n) is 16.9. The molecule has 2 bridgehead atoms. The van der Waals surface area contributed by atoms with E-state index in [0.717, 1.165) is 23.4 Å². The molecule has 42 heteroatoms. The monoisotopic (exact) mass is 1600 g/mol. The average Bonchev–Trinajstić information content (AvgIpc) is 1.61. The molecule has 3 aliphatic heterocycles. The number of aromatic amines is 1. The Labute approximate surface area is 636 Å². The van der Waals surface area contributed by atoms with Gasteiger partial charge in [0.25, 0.3) is 23.3 Å². The minimum Gasteiger partial charge on any atom is -0.474 e. The molecule has 7 N–H and O–H groups in total. The lowest BCUT2D eigenvalue weighted by molar-refractivity contribution is -0.141. The molecule has 9 rings (SSSR count). The number of rotatable bonds is 41. The van der Waals surface area contributed by atoms with Crippen LogP contribution in [0.4, 0.5) is 16.4 Å². The van der Waals surface area contributed by atoms with Crippen LogP contribution < -0.4 is 31.6 Å². The number of anilines is 2. The van der Waals surface area contributed by atoms with Crippen LogP contribution in [0.2, 0.25) is 0 Å². The zero-order valence-corrected chi connectivity index (χ0v) is 63.7. The van der Waals surface area contributed by atoms with Gasteiger partial charge in [0.2, 0.25) is 29.5 Å². The van der Waals surface area contributed by atoms with Crippen LogP contribution in [-0.4, -0.2) is 266 Å². The number of benzene rings is 2. The lowest BCUT2D eigenvalue weighted by Gasteiger charge is -2.27. The number of hydrogen-bond acceptors (Lipinski definition) is 30. The average molecular weight is 1610 g/mol. The highest BCUT2D eigenvalue weighted by molar-refractivity contribution is 8.44. The number of methoxy groups -OCH3 is 1. The number of aromatic nitrogens is 6. The Morgan fingerprint density at radius 1 is 0.761 bits per heavy atom. The highest BCUT2D eigenvalue weighted by atomic mass is 32.7. The molecule has 5 aromatic rings. The van der Waals surface area contributed by atoms with Crippen molar-refractivity contribution < 1.29 is 118 Å². The molecule has 596 valence electrons. The molecule has 38 nitrogen and oxygen atoms in total. The van der Waals surface area contributed by atoms with Gasteiger partial charge in [0.05, 0.1) is 125 Å². The zero-order valence-electron chi connectivity index (χ0n) is 60.2. The van der Waals surface area contributed by atoms with Gasteiger partial charge in [-0.3, -0.25) is 57.9 Å². The van der Waals surface area contributed by atoms with Crippen molar-refractivity contribution >= 4 is 102 Å². The summed E-state index contributed by atoms with van der Waals surface area (Å²) in [5.41, 5.74) is -0.127. The quantitative estimate of drug-likeness (QED) is 0.0121. The second-order valence-electron chi connectivity index (χ2n) is 25.2. The molecule has 0 radical (unpaired) electrons. The van der Waals surface area contributed by atoms with E-state index in [2.05, 4.69) is 58.4 Å². The number of H-pyrrole nitrogens is 1. The normalized spacial score (nSPS) is 22.6. The van der Waals surface area contributed by atoms with Gasteiger partial charge in [0, 0.05) is 68.2 Å². The van der Waals surface area contributed by atoms with Gasteiger partial charge < -0.3 is 96.5 Å². The molecule has 2 unspecified atom stereocenters. The molecular formula is C67H90N12O26P2S2. The van der Waals surface area contributed by atoms with Crippen molar-refractivity contribution in [2.24, 2.45) is 11.8 Å². The van der Waals surface area contributed by atoms with E-state index in [0.29, 0.717) is 89.5 Å². The second kappa shape index (κ2) is 42.7. The first kappa shape index (κ1) is 85.3. The van der Waals surface area contributed by atoms with Crippen molar-refractivity contribution in [2.45, 2.75) is 95.6 Å². The molecular weight excluding hydrogens is 1510 g/mol. The van der Waals surface area contributed by atoms with E-state index in [-0.39, 0.29) is 94.1 Å². The molecule has 11 atom stereocenters. The summed E-state index contributed by atoms with van der Waals surface area (Å²) in [5.74, 6) is -5.30. The van der Waals surface area contributed by atoms with Gasteiger partial charge in [-0.25, -0.2) is 24.3 Å². The predicted molar refractivity (Wildman–Crippen MR) is 390 cm³/mol. The highest BCUT2D eigenvalue weighted by Crippen LogP contribution is 2.59. The minimum atomic E-state index is -4.42. The number of nitrogens with one attached hydrogen (secondary N) is 5. The van der Waals surface area contributed by atoms with Crippen molar-refractivity contribution in [1.29, 1.82) is 0 Å². The molecule has 3 aromatic heterocycles. The molecule has 109 heavy (non-hydrogen) atoms. The van der Waals surface area contributed by atoms with Crippen LogP contribution in [0, 0.1) is 11.8 Å². The molecule has 2 aromatic carbocycles. The number of aliphatic hydroxyl groups excluding tert-OH is 1. The van der Waals surface area contributed by atoms with Crippen molar-refractivity contribution in [2.75, 3.05) is 143 Å². The maximum atomic E-state index is 14.5. The predicted octanol–water partition coefficient (Wildman–Crippen LogP) is 2.76. The third-order valence-corrected chi connectivity index (χ3v) is 20.1. The first-order valence-corrected chi connectivity index (χ1v) is 40.1. The topological polar surface area (TPSA) is 459 Å². The van der Waals surface area contributed by atoms with E-state index in [9.17, 15) is 52.9 Å². The third kappa shape index (κ3) is 26.5. The van der Waals surface area contributed by atoms with Crippen molar-refractivity contribution in [3.63, 3.8) is 0 Å². The number of amides is 7. The maximum absolute atomic E-state index is 14.5. The Bertz CT molecular complexity index is 4020. The zero-order chi connectivity index (χ0) is 77.9. The SMILES string of the molecule is COCCOCCOCCOCCOCCOCCOCCOCCN(Cc1ccccc1C(=O)Nc1nc2c(ncn2[C@@H]2O[C@H]3COP(O)(=S)O[C@H]4C[C@H](Oc5ccncn5)C[C@@H]4COP(=O)(S)O[C@@H]2[C@H]3O)c(=O)[nH]1)C(=O)OCc1ccc(NC(=O)[C@H](C)NC(=O)[C@@H](NC(=O)CN2C(=O)C=CC2=O)C(C)C)cc1. The van der Waals surface area contributed by atoms with Crippen LogP contribution in [0.3, 0.4) is 0 Å². The summed E-state index contributed by atoms with van der Waals surface area (Å²) in [5, 5.41) is 22.2. The summed E-state index contributed by atoms with van der Waals surface area (Å²) in [7, 11) is 1.61. The molecule has 1 aliphatic carbocycles. The Kier molecular flexibility index (Phi) is 33.4. The van der Waals surface area contributed by atoms with E-state index < -0.39 is 134 Å². The second-order valence-corrected chi connectivity index (χ2v) is 30.9. The lowest BCUT2D eigenvalue weighted by atomic mass is 10.0. The van der Waals surface area contributed by atoms with Crippen LogP contribution in [0.1, 0.15) is 61.3 Å². The van der Waals surface area contributed by atoms with Crippen LogP contribution in [0.5, 0.6) is 5.88 Å². The first-order chi connectivity index (χ1) is 52.4. The lowest BCUT2D eigenvalue weighted by Crippen LogP contribution is -2.55. The number of fused-ring (bicyclic) bond motifs is 4. The summed E-state index contributed by atoms with van der Waals surface area (Å²) in [4.78, 5) is 139. The smallest absolute Gasteiger partial charge is 0.410 e. The number of imide groups is 1. The summed E-state index contributed by atoms with van der Waals surface area (Å²) in [6, 6.07) is 11.9. The van der Waals surface area contributed by atoms with Crippen LogP contribution in [0.15, 0.2) is 90.4 Å². The Morgan fingerprint density at radius 2 is 1.39 bits per heavy atom. The minimum absolute atomic E-state index is 0.0169. The summed E-state index contributed by atoms with van der Waals surface area (Å²) >= 11 is 9.68. The van der Waals surface area contributed by atoms with Gasteiger partial charge in [-0.1, -0.05) is 56.4 Å². The molecule has 7 amide bonds. The fourth-order valence-corrected chi connectivity index (χ4v) is 14.3. The van der Waals surface area contributed by atoms with E-state index in [1.54, 1.807) is 69.5 Å². The molecule has 0 spiro atoms. The molecule has 3 fully saturated rings. The van der Waals surface area contributed by atoms with Gasteiger partial charge >= 0.3 is 19.6 Å².